The highest BCUT2D eigenvalue weighted by Gasteiger charge is 2.66. The molecule has 6 nitrogen and oxygen atoms in total. The van der Waals surface area contributed by atoms with Gasteiger partial charge in [-0.1, -0.05) is 55.4 Å². The van der Waals surface area contributed by atoms with Gasteiger partial charge in [-0.3, -0.25) is 9.59 Å². The Morgan fingerprint density at radius 3 is 2.22 bits per heavy atom. The first kappa shape index (κ1) is 33.7. The summed E-state index contributed by atoms with van der Waals surface area (Å²) in [6, 6.07) is 0. The van der Waals surface area contributed by atoms with Gasteiger partial charge in [0.25, 0.3) is 0 Å². The molecule has 0 spiro atoms. The first-order valence-electron chi connectivity index (χ1n) is 18.8. The van der Waals surface area contributed by atoms with Crippen LogP contribution in [-0.2, 0) is 19.1 Å². The maximum atomic E-state index is 13.2. The molecule has 6 rings (SSSR count). The zero-order chi connectivity index (χ0) is 32.7. The van der Waals surface area contributed by atoms with Gasteiger partial charge in [-0.15, -0.1) is 0 Å². The van der Waals surface area contributed by atoms with Gasteiger partial charge in [0.2, 0.25) is 0 Å². The lowest BCUT2D eigenvalue weighted by Gasteiger charge is -2.63. The molecule has 2 N–H and O–H groups in total. The number of aliphatic hydroxyl groups excluding tert-OH is 2. The molecule has 256 valence electrons. The minimum Gasteiger partial charge on any atom is -0.462 e. The van der Waals surface area contributed by atoms with Crippen LogP contribution in [0.3, 0.4) is 0 Å². The third-order valence-corrected chi connectivity index (χ3v) is 16.6. The topological polar surface area (TPSA) is 93.1 Å². The molecule has 45 heavy (non-hydrogen) atoms. The third kappa shape index (κ3) is 5.15. The van der Waals surface area contributed by atoms with E-state index in [9.17, 15) is 19.8 Å². The van der Waals surface area contributed by atoms with Crippen LogP contribution in [0.15, 0.2) is 0 Å². The number of rotatable bonds is 8. The van der Waals surface area contributed by atoms with Crippen molar-refractivity contribution in [1.29, 1.82) is 0 Å². The fraction of sp³-hybridized carbons (Fsp3) is 0.949. The fourth-order valence-electron chi connectivity index (χ4n) is 12.7. The summed E-state index contributed by atoms with van der Waals surface area (Å²) >= 11 is 0. The van der Waals surface area contributed by atoms with Crippen molar-refractivity contribution in [3.63, 3.8) is 0 Å². The Balaban J connectivity index is 1.09. The quantitative estimate of drug-likeness (QED) is 0.268. The Bertz CT molecular complexity index is 1130. The second-order valence-electron chi connectivity index (χ2n) is 18.3. The van der Waals surface area contributed by atoms with E-state index < -0.39 is 6.10 Å². The summed E-state index contributed by atoms with van der Waals surface area (Å²) < 4.78 is 12.1. The molecule has 10 unspecified atom stereocenters. The van der Waals surface area contributed by atoms with E-state index in [-0.39, 0.29) is 75.6 Å². The second-order valence-corrected chi connectivity index (χ2v) is 18.3. The fourth-order valence-corrected chi connectivity index (χ4v) is 12.7. The van der Waals surface area contributed by atoms with Gasteiger partial charge in [-0.2, -0.15) is 0 Å². The summed E-state index contributed by atoms with van der Waals surface area (Å²) in [6.45, 7) is 18.0. The van der Waals surface area contributed by atoms with E-state index in [1.807, 2.05) is 13.8 Å². The zero-order valence-electron chi connectivity index (χ0n) is 29.6. The molecule has 0 heterocycles. The number of hydrogen-bond donors (Lipinski definition) is 2. The average molecular weight is 629 g/mol. The molecule has 6 aliphatic rings. The molecule has 0 aromatic carbocycles. The number of ether oxygens (including phenoxy) is 2. The summed E-state index contributed by atoms with van der Waals surface area (Å²) in [5, 5.41) is 23.8. The molecule has 15 atom stereocenters. The van der Waals surface area contributed by atoms with Gasteiger partial charge in [-0.05, 0) is 135 Å². The molecule has 6 fully saturated rings. The summed E-state index contributed by atoms with van der Waals surface area (Å²) in [5.41, 5.74) is 0.110. The third-order valence-electron chi connectivity index (χ3n) is 16.6. The van der Waals surface area contributed by atoms with E-state index in [0.29, 0.717) is 30.1 Å². The molecular formula is C39H64O6. The predicted octanol–water partition coefficient (Wildman–Crippen LogP) is 7.72. The smallest absolute Gasteiger partial charge is 0.308 e. The molecule has 0 aromatic heterocycles. The van der Waals surface area contributed by atoms with E-state index in [1.54, 1.807) is 0 Å². The predicted molar refractivity (Wildman–Crippen MR) is 175 cm³/mol. The van der Waals surface area contributed by atoms with Gasteiger partial charge in [0.15, 0.2) is 0 Å². The highest BCUT2D eigenvalue weighted by molar-refractivity contribution is 5.72. The largest absolute Gasteiger partial charge is 0.462 e. The van der Waals surface area contributed by atoms with Gasteiger partial charge < -0.3 is 19.7 Å². The van der Waals surface area contributed by atoms with Crippen molar-refractivity contribution >= 4 is 11.9 Å². The molecular weight excluding hydrogens is 564 g/mol. The van der Waals surface area contributed by atoms with Crippen molar-refractivity contribution in [3.05, 3.63) is 0 Å². The Kier molecular flexibility index (Phi) is 8.83. The van der Waals surface area contributed by atoms with Crippen LogP contribution in [0, 0.1) is 69.0 Å². The van der Waals surface area contributed by atoms with Crippen molar-refractivity contribution in [2.24, 2.45) is 69.0 Å². The number of carbonyl (C=O) groups is 2. The monoisotopic (exact) mass is 628 g/mol. The number of aliphatic hydroxyl groups is 2. The number of carbonyl (C=O) groups excluding carboxylic acids is 2. The number of esters is 2. The van der Waals surface area contributed by atoms with Crippen LogP contribution in [0.4, 0.5) is 0 Å². The van der Waals surface area contributed by atoms with Crippen LogP contribution >= 0.6 is 0 Å². The highest BCUT2D eigenvalue weighted by Crippen LogP contribution is 2.69. The van der Waals surface area contributed by atoms with E-state index in [0.717, 1.165) is 70.6 Å². The molecule has 0 saturated heterocycles. The number of hydrogen-bond acceptors (Lipinski definition) is 6. The van der Waals surface area contributed by atoms with E-state index in [4.69, 9.17) is 9.47 Å². The average Bonchev–Trinajstić information content (AvgIpc) is 3.52. The van der Waals surface area contributed by atoms with Crippen LogP contribution in [0.25, 0.3) is 0 Å². The minimum absolute atomic E-state index is 0.0412. The SMILES string of the molecule is CCC(C)C(=O)O[C@H]1CC[C@@]2(C)C(C1)C[C@@H](O)C1C2C[C@H](O)[C@]2(C)C(C(C)CCC(=O)OC3CC4CCC3(C)C4(C)C)CCC12. The summed E-state index contributed by atoms with van der Waals surface area (Å²) in [6.07, 6.45) is 10.9. The molecule has 0 radical (unpaired) electrons. The van der Waals surface area contributed by atoms with Crippen molar-refractivity contribution in [1.82, 2.24) is 0 Å². The van der Waals surface area contributed by atoms with Crippen LogP contribution in [-0.4, -0.2) is 46.6 Å². The van der Waals surface area contributed by atoms with Crippen LogP contribution in [0.1, 0.15) is 139 Å². The maximum absolute atomic E-state index is 13.2. The van der Waals surface area contributed by atoms with Gasteiger partial charge in [-0.25, -0.2) is 0 Å². The Morgan fingerprint density at radius 1 is 0.844 bits per heavy atom. The molecule has 0 aromatic rings. The summed E-state index contributed by atoms with van der Waals surface area (Å²) in [4.78, 5) is 25.7. The Morgan fingerprint density at radius 2 is 1.58 bits per heavy atom. The Hall–Kier alpha value is -1.14. The molecule has 0 aliphatic heterocycles. The lowest BCUT2D eigenvalue weighted by molar-refractivity contribution is -0.210. The molecule has 0 amide bonds. The second kappa shape index (κ2) is 11.8. The van der Waals surface area contributed by atoms with Crippen molar-refractivity contribution in [2.45, 2.75) is 163 Å². The van der Waals surface area contributed by atoms with E-state index >= 15 is 0 Å². The van der Waals surface area contributed by atoms with Crippen molar-refractivity contribution < 1.29 is 29.3 Å². The van der Waals surface area contributed by atoms with Crippen molar-refractivity contribution in [2.75, 3.05) is 0 Å². The van der Waals surface area contributed by atoms with E-state index in [2.05, 4.69) is 41.5 Å². The lowest BCUT2D eigenvalue weighted by Crippen LogP contribution is -2.62. The number of fused-ring (bicyclic) bond motifs is 7. The van der Waals surface area contributed by atoms with Gasteiger partial charge in [0, 0.05) is 11.8 Å². The van der Waals surface area contributed by atoms with Crippen LogP contribution in [0.5, 0.6) is 0 Å². The summed E-state index contributed by atoms with van der Waals surface area (Å²) in [7, 11) is 0. The maximum Gasteiger partial charge on any atom is 0.308 e. The molecule has 6 aliphatic carbocycles. The van der Waals surface area contributed by atoms with Crippen molar-refractivity contribution in [3.8, 4) is 0 Å². The lowest BCUT2D eigenvalue weighted by atomic mass is 9.43. The first-order valence-corrected chi connectivity index (χ1v) is 18.8. The normalized spacial score (nSPS) is 49.4. The molecule has 6 heteroatoms. The van der Waals surface area contributed by atoms with Crippen LogP contribution in [0.2, 0.25) is 0 Å². The van der Waals surface area contributed by atoms with Gasteiger partial charge in [0.1, 0.15) is 12.2 Å². The van der Waals surface area contributed by atoms with Crippen LogP contribution < -0.4 is 0 Å². The minimum atomic E-state index is -0.411. The van der Waals surface area contributed by atoms with E-state index in [1.165, 1.54) is 6.42 Å². The first-order chi connectivity index (χ1) is 21.1. The molecule has 6 saturated carbocycles. The summed E-state index contributed by atoms with van der Waals surface area (Å²) in [5.74, 6) is 2.15. The zero-order valence-corrected chi connectivity index (χ0v) is 29.6. The highest BCUT2D eigenvalue weighted by atomic mass is 16.5. The standard InChI is InChI=1S/C39H64O6/c1-9-22(2)35(43)44-26-15-16-37(6)25(18-26)19-30(40)34-28-12-11-27(39(28,8)31(41)21-29(34)37)23(3)10-13-33(42)45-32-20-24-14-17-38(32,7)36(24,4)5/h22-32,34,40-41H,9-21H2,1-8H3/t22?,23?,24?,25?,26-,27?,28?,29?,30+,31-,32?,34?,37-,38?,39+/m0/s1. The van der Waals surface area contributed by atoms with Gasteiger partial charge in [0.05, 0.1) is 18.1 Å². The molecule has 2 bridgehead atoms. The van der Waals surface area contributed by atoms with Gasteiger partial charge >= 0.3 is 11.9 Å². The Labute approximate surface area is 273 Å².